The third-order valence-electron chi connectivity index (χ3n) is 2.83. The van der Waals surface area contributed by atoms with Gasteiger partial charge in [0.05, 0.1) is 25.9 Å². The fourth-order valence-electron chi connectivity index (χ4n) is 1.88. The molecule has 2 aliphatic rings. The summed E-state index contributed by atoms with van der Waals surface area (Å²) in [5.74, 6) is 0.701. The second kappa shape index (κ2) is 4.24. The van der Waals surface area contributed by atoms with Crippen molar-refractivity contribution in [3.8, 4) is 0 Å². The van der Waals surface area contributed by atoms with E-state index in [2.05, 4.69) is 0 Å². The molecule has 1 heterocycles. The lowest BCUT2D eigenvalue weighted by atomic mass is 9.97. The monoisotopic (exact) mass is 170 g/mol. The topological polar surface area (TPSA) is 18.5 Å². The summed E-state index contributed by atoms with van der Waals surface area (Å²) in [6, 6.07) is 0. The Labute approximate surface area is 74.2 Å². The van der Waals surface area contributed by atoms with Crippen molar-refractivity contribution in [3.05, 3.63) is 0 Å². The molecule has 0 aromatic rings. The Morgan fingerprint density at radius 1 is 1.08 bits per heavy atom. The van der Waals surface area contributed by atoms with E-state index in [1.807, 2.05) is 0 Å². The molecule has 1 saturated carbocycles. The number of rotatable bonds is 3. The molecule has 1 aliphatic carbocycles. The highest BCUT2D eigenvalue weighted by Crippen LogP contribution is 2.21. The molecular weight excluding hydrogens is 152 g/mol. The van der Waals surface area contributed by atoms with Crippen molar-refractivity contribution in [2.45, 2.75) is 38.2 Å². The van der Waals surface area contributed by atoms with Crippen LogP contribution in [0.3, 0.4) is 0 Å². The van der Waals surface area contributed by atoms with E-state index in [0.717, 1.165) is 19.8 Å². The first-order valence-electron chi connectivity index (χ1n) is 5.14. The van der Waals surface area contributed by atoms with Crippen LogP contribution in [0.4, 0.5) is 0 Å². The first kappa shape index (κ1) is 8.52. The Morgan fingerprint density at radius 3 is 2.42 bits per heavy atom. The maximum absolute atomic E-state index is 5.81. The highest BCUT2D eigenvalue weighted by atomic mass is 16.5. The van der Waals surface area contributed by atoms with Gasteiger partial charge < -0.3 is 9.47 Å². The smallest absolute Gasteiger partial charge is 0.0575 e. The fraction of sp³-hybridized carbons (Fsp3) is 1.00. The summed E-state index contributed by atoms with van der Waals surface area (Å²) >= 11 is 0. The summed E-state index contributed by atoms with van der Waals surface area (Å²) in [4.78, 5) is 0. The zero-order chi connectivity index (χ0) is 8.23. The van der Waals surface area contributed by atoms with Crippen molar-refractivity contribution in [3.63, 3.8) is 0 Å². The van der Waals surface area contributed by atoms with Gasteiger partial charge in [0.2, 0.25) is 0 Å². The van der Waals surface area contributed by atoms with Crippen LogP contribution in [0.15, 0.2) is 0 Å². The Kier molecular flexibility index (Phi) is 3.01. The Balaban J connectivity index is 1.58. The van der Waals surface area contributed by atoms with Gasteiger partial charge >= 0.3 is 0 Å². The van der Waals surface area contributed by atoms with E-state index in [4.69, 9.17) is 9.47 Å². The lowest BCUT2D eigenvalue weighted by Crippen LogP contribution is -2.33. The second-order valence-electron chi connectivity index (χ2n) is 4.00. The number of hydrogen-bond donors (Lipinski definition) is 0. The molecule has 2 nitrogen and oxygen atoms in total. The summed E-state index contributed by atoms with van der Waals surface area (Å²) in [6.07, 6.45) is 7.28. The molecule has 2 heteroatoms. The molecule has 0 radical (unpaired) electrons. The van der Waals surface area contributed by atoms with Gasteiger partial charge in [0.1, 0.15) is 0 Å². The van der Waals surface area contributed by atoms with E-state index < -0.39 is 0 Å². The quantitative estimate of drug-likeness (QED) is 0.645. The third kappa shape index (κ3) is 2.20. The van der Waals surface area contributed by atoms with Gasteiger partial charge in [-0.25, -0.2) is 0 Å². The van der Waals surface area contributed by atoms with Crippen LogP contribution in [0.25, 0.3) is 0 Å². The maximum atomic E-state index is 5.81. The van der Waals surface area contributed by atoms with Gasteiger partial charge in [-0.3, -0.25) is 0 Å². The van der Waals surface area contributed by atoms with Crippen LogP contribution in [0.2, 0.25) is 0 Å². The van der Waals surface area contributed by atoms with Gasteiger partial charge in [-0.15, -0.1) is 0 Å². The largest absolute Gasteiger partial charge is 0.381 e. The van der Waals surface area contributed by atoms with E-state index in [1.54, 1.807) is 0 Å². The van der Waals surface area contributed by atoms with E-state index in [0.29, 0.717) is 12.0 Å². The lowest BCUT2D eigenvalue weighted by molar-refractivity contribution is -0.0919. The Morgan fingerprint density at radius 2 is 1.83 bits per heavy atom. The number of hydrogen-bond acceptors (Lipinski definition) is 2. The third-order valence-corrected chi connectivity index (χ3v) is 2.83. The minimum absolute atomic E-state index is 0.569. The minimum Gasteiger partial charge on any atom is -0.381 e. The van der Waals surface area contributed by atoms with Crippen molar-refractivity contribution in [2.75, 3.05) is 19.8 Å². The molecule has 2 rings (SSSR count). The van der Waals surface area contributed by atoms with E-state index in [9.17, 15) is 0 Å². The van der Waals surface area contributed by atoms with Crippen LogP contribution < -0.4 is 0 Å². The maximum Gasteiger partial charge on any atom is 0.0575 e. The molecule has 0 aromatic carbocycles. The molecule has 1 aliphatic heterocycles. The van der Waals surface area contributed by atoms with Crippen LogP contribution >= 0.6 is 0 Å². The van der Waals surface area contributed by atoms with Crippen LogP contribution in [0.1, 0.15) is 32.1 Å². The molecule has 2 fully saturated rings. The van der Waals surface area contributed by atoms with Gasteiger partial charge in [0.15, 0.2) is 0 Å². The zero-order valence-electron chi connectivity index (χ0n) is 7.63. The Bertz CT molecular complexity index is 126. The van der Waals surface area contributed by atoms with Crippen molar-refractivity contribution in [2.24, 2.45) is 5.92 Å². The van der Waals surface area contributed by atoms with Crippen LogP contribution in [0, 0.1) is 5.92 Å². The van der Waals surface area contributed by atoms with Crippen molar-refractivity contribution < 1.29 is 9.47 Å². The molecule has 0 spiro atoms. The molecule has 0 atom stereocenters. The van der Waals surface area contributed by atoms with Crippen LogP contribution in [-0.4, -0.2) is 25.9 Å². The predicted octanol–water partition coefficient (Wildman–Crippen LogP) is 1.98. The fourth-order valence-corrected chi connectivity index (χ4v) is 1.88. The summed E-state index contributed by atoms with van der Waals surface area (Å²) in [5, 5.41) is 0. The molecule has 0 amide bonds. The minimum atomic E-state index is 0.569. The standard InChI is InChI=1S/C10H18O2/c1-2-4-10(5-3-1)12-8-9-6-11-7-9/h9-10H,1-8H2. The predicted molar refractivity (Wildman–Crippen MR) is 47.1 cm³/mol. The molecule has 1 saturated heterocycles. The normalized spacial score (nSPS) is 27.0. The SMILES string of the molecule is C1CCC(OCC2COC2)CC1. The van der Waals surface area contributed by atoms with Gasteiger partial charge in [0, 0.05) is 5.92 Å². The molecule has 0 bridgehead atoms. The first-order valence-corrected chi connectivity index (χ1v) is 5.14. The lowest BCUT2D eigenvalue weighted by Gasteiger charge is -2.29. The molecule has 0 aromatic heterocycles. The van der Waals surface area contributed by atoms with Crippen molar-refractivity contribution >= 4 is 0 Å². The first-order chi connectivity index (χ1) is 5.95. The molecule has 12 heavy (non-hydrogen) atoms. The summed E-state index contributed by atoms with van der Waals surface area (Å²) in [6.45, 7) is 2.78. The highest BCUT2D eigenvalue weighted by molar-refractivity contribution is 4.68. The molecule has 70 valence electrons. The molecular formula is C10H18O2. The Hall–Kier alpha value is -0.0800. The van der Waals surface area contributed by atoms with Crippen LogP contribution in [0.5, 0.6) is 0 Å². The van der Waals surface area contributed by atoms with E-state index in [-0.39, 0.29) is 0 Å². The second-order valence-corrected chi connectivity index (χ2v) is 4.00. The molecule has 0 N–H and O–H groups in total. The van der Waals surface area contributed by atoms with Crippen molar-refractivity contribution in [1.29, 1.82) is 0 Å². The number of ether oxygens (including phenoxy) is 2. The average molecular weight is 170 g/mol. The highest BCUT2D eigenvalue weighted by Gasteiger charge is 2.21. The summed E-state index contributed by atoms with van der Waals surface area (Å²) in [5.41, 5.74) is 0. The van der Waals surface area contributed by atoms with E-state index in [1.165, 1.54) is 32.1 Å². The average Bonchev–Trinajstić information content (AvgIpc) is 2.04. The molecule has 0 unspecified atom stereocenters. The van der Waals surface area contributed by atoms with Gasteiger partial charge in [-0.2, -0.15) is 0 Å². The van der Waals surface area contributed by atoms with Crippen LogP contribution in [-0.2, 0) is 9.47 Å². The van der Waals surface area contributed by atoms with E-state index >= 15 is 0 Å². The van der Waals surface area contributed by atoms with Gasteiger partial charge in [-0.1, -0.05) is 19.3 Å². The summed E-state index contributed by atoms with van der Waals surface area (Å²) in [7, 11) is 0. The van der Waals surface area contributed by atoms with Crippen molar-refractivity contribution in [1.82, 2.24) is 0 Å². The van der Waals surface area contributed by atoms with Gasteiger partial charge in [0.25, 0.3) is 0 Å². The zero-order valence-corrected chi connectivity index (χ0v) is 7.63. The van der Waals surface area contributed by atoms with Gasteiger partial charge in [-0.05, 0) is 12.8 Å². The summed E-state index contributed by atoms with van der Waals surface area (Å²) < 4.78 is 10.9.